The zero-order valence-corrected chi connectivity index (χ0v) is 17.3. The molecule has 7 heteroatoms. The van der Waals surface area contributed by atoms with Crippen molar-refractivity contribution in [2.75, 3.05) is 17.2 Å². The number of rotatable bonds is 7. The van der Waals surface area contributed by atoms with E-state index in [1.54, 1.807) is 42.5 Å². The number of carbonyl (C=O) groups excluding carboxylic acids is 2. The zero-order chi connectivity index (χ0) is 22.9. The number of benzene rings is 3. The summed E-state index contributed by atoms with van der Waals surface area (Å²) >= 11 is 0. The Balaban J connectivity index is 1.64. The van der Waals surface area contributed by atoms with Gasteiger partial charge in [0.1, 0.15) is 23.2 Å². The van der Waals surface area contributed by atoms with Crippen molar-refractivity contribution in [2.24, 2.45) is 0 Å². The molecule has 6 nitrogen and oxygen atoms in total. The summed E-state index contributed by atoms with van der Waals surface area (Å²) in [5.74, 6) is -1.24. The van der Waals surface area contributed by atoms with Crippen molar-refractivity contribution >= 4 is 29.3 Å². The van der Waals surface area contributed by atoms with Gasteiger partial charge < -0.3 is 15.4 Å². The summed E-state index contributed by atoms with van der Waals surface area (Å²) in [5.41, 5.74) is 2.10. The number of carbonyl (C=O) groups is 2. The molecule has 0 atom stereocenters. The van der Waals surface area contributed by atoms with Crippen LogP contribution in [0.15, 0.2) is 78.4 Å². The number of para-hydroxylation sites is 1. The van der Waals surface area contributed by atoms with E-state index in [-0.39, 0.29) is 17.9 Å². The predicted octanol–water partition coefficient (Wildman–Crippen LogP) is 4.70. The lowest BCUT2D eigenvalue weighted by molar-refractivity contribution is -0.118. The second kappa shape index (κ2) is 10.5. The molecule has 0 spiro atoms. The van der Waals surface area contributed by atoms with E-state index < -0.39 is 17.6 Å². The Kier molecular flexibility index (Phi) is 7.33. The van der Waals surface area contributed by atoms with E-state index in [9.17, 15) is 19.2 Å². The first-order valence-corrected chi connectivity index (χ1v) is 9.71. The number of aryl methyl sites for hydroxylation is 1. The van der Waals surface area contributed by atoms with Crippen LogP contribution in [-0.4, -0.2) is 18.4 Å². The van der Waals surface area contributed by atoms with Gasteiger partial charge in [-0.1, -0.05) is 36.4 Å². The lowest BCUT2D eigenvalue weighted by Gasteiger charge is -2.09. The molecule has 0 bridgehead atoms. The van der Waals surface area contributed by atoms with Crippen LogP contribution < -0.4 is 15.4 Å². The molecule has 0 saturated carbocycles. The summed E-state index contributed by atoms with van der Waals surface area (Å²) in [6.07, 6.45) is 1.43. The fourth-order valence-corrected chi connectivity index (χ4v) is 2.83. The lowest BCUT2D eigenvalue weighted by Crippen LogP contribution is -2.20. The standard InChI is InChI=1S/C25H20FN3O3/c1-17-6-4-8-20(12-17)28-25(31)19(15-27)13-18-7-5-9-21(14-18)32-16-24(30)29-23-11-3-2-10-22(23)26/h2-14H,16H2,1H3,(H,28,31)(H,29,30)/b19-13+. The maximum Gasteiger partial charge on any atom is 0.266 e. The highest BCUT2D eigenvalue weighted by atomic mass is 19.1. The lowest BCUT2D eigenvalue weighted by atomic mass is 10.1. The minimum atomic E-state index is -0.541. The zero-order valence-electron chi connectivity index (χ0n) is 17.3. The van der Waals surface area contributed by atoms with Gasteiger partial charge in [-0.2, -0.15) is 5.26 Å². The maximum absolute atomic E-state index is 13.6. The summed E-state index contributed by atoms with van der Waals surface area (Å²) < 4.78 is 19.1. The number of nitrogens with one attached hydrogen (secondary N) is 2. The van der Waals surface area contributed by atoms with Gasteiger partial charge in [0, 0.05) is 5.69 Å². The van der Waals surface area contributed by atoms with Crippen LogP contribution >= 0.6 is 0 Å². The Labute approximate surface area is 185 Å². The molecule has 0 unspecified atom stereocenters. The Bertz CT molecular complexity index is 1210. The van der Waals surface area contributed by atoms with E-state index in [1.807, 2.05) is 25.1 Å². The highest BCUT2D eigenvalue weighted by molar-refractivity contribution is 6.09. The Morgan fingerprint density at radius 3 is 2.56 bits per heavy atom. The van der Waals surface area contributed by atoms with Crippen LogP contribution in [0.25, 0.3) is 6.08 Å². The quantitative estimate of drug-likeness (QED) is 0.421. The number of hydrogen-bond donors (Lipinski definition) is 2. The third-order valence-corrected chi connectivity index (χ3v) is 4.33. The number of anilines is 2. The molecular weight excluding hydrogens is 409 g/mol. The molecule has 3 rings (SSSR count). The summed E-state index contributed by atoms with van der Waals surface area (Å²) in [6.45, 7) is 1.57. The van der Waals surface area contributed by atoms with Gasteiger partial charge in [-0.05, 0) is 60.5 Å². The van der Waals surface area contributed by atoms with Crippen LogP contribution in [-0.2, 0) is 9.59 Å². The van der Waals surface area contributed by atoms with E-state index in [0.29, 0.717) is 17.0 Å². The van der Waals surface area contributed by atoms with Crippen LogP contribution in [0, 0.1) is 24.1 Å². The summed E-state index contributed by atoms with van der Waals surface area (Å²) in [7, 11) is 0. The van der Waals surface area contributed by atoms with Crippen molar-refractivity contribution in [2.45, 2.75) is 6.92 Å². The fourth-order valence-electron chi connectivity index (χ4n) is 2.83. The molecule has 3 aromatic carbocycles. The van der Waals surface area contributed by atoms with Gasteiger partial charge in [-0.15, -0.1) is 0 Å². The molecule has 0 radical (unpaired) electrons. The van der Waals surface area contributed by atoms with Crippen LogP contribution in [0.1, 0.15) is 11.1 Å². The van der Waals surface area contributed by atoms with E-state index >= 15 is 0 Å². The normalized spacial score (nSPS) is 10.7. The molecule has 0 saturated heterocycles. The molecule has 0 aromatic heterocycles. The molecule has 2 N–H and O–H groups in total. The number of ether oxygens (including phenoxy) is 1. The topological polar surface area (TPSA) is 91.2 Å². The minimum Gasteiger partial charge on any atom is -0.484 e. The molecule has 0 aliphatic carbocycles. The van der Waals surface area contributed by atoms with Gasteiger partial charge in [0.05, 0.1) is 5.69 Å². The Morgan fingerprint density at radius 2 is 1.81 bits per heavy atom. The molecule has 0 fully saturated rings. The van der Waals surface area contributed by atoms with Crippen molar-refractivity contribution in [1.29, 1.82) is 5.26 Å². The van der Waals surface area contributed by atoms with E-state index in [4.69, 9.17) is 4.74 Å². The van der Waals surface area contributed by atoms with E-state index in [0.717, 1.165) is 5.56 Å². The first-order chi connectivity index (χ1) is 15.4. The summed E-state index contributed by atoms with van der Waals surface area (Å²) in [4.78, 5) is 24.5. The fraction of sp³-hybridized carbons (Fsp3) is 0.0800. The van der Waals surface area contributed by atoms with Gasteiger partial charge in [-0.3, -0.25) is 9.59 Å². The monoisotopic (exact) mass is 429 g/mol. The van der Waals surface area contributed by atoms with Crippen LogP contribution in [0.5, 0.6) is 5.75 Å². The highest BCUT2D eigenvalue weighted by Crippen LogP contribution is 2.18. The minimum absolute atomic E-state index is 0.0658. The third-order valence-electron chi connectivity index (χ3n) is 4.33. The van der Waals surface area contributed by atoms with E-state index in [2.05, 4.69) is 10.6 Å². The molecule has 160 valence electrons. The van der Waals surface area contributed by atoms with Crippen molar-refractivity contribution in [3.8, 4) is 11.8 Å². The maximum atomic E-state index is 13.6. The Morgan fingerprint density at radius 1 is 1.03 bits per heavy atom. The van der Waals surface area contributed by atoms with Gasteiger partial charge in [0.15, 0.2) is 6.61 Å². The average molecular weight is 429 g/mol. The molecule has 0 aliphatic heterocycles. The number of nitrogens with zero attached hydrogens (tertiary/aromatic N) is 1. The van der Waals surface area contributed by atoms with Gasteiger partial charge in [0.25, 0.3) is 11.8 Å². The molecule has 0 heterocycles. The molecule has 3 aromatic rings. The first-order valence-electron chi connectivity index (χ1n) is 9.71. The smallest absolute Gasteiger partial charge is 0.266 e. The van der Waals surface area contributed by atoms with Gasteiger partial charge >= 0.3 is 0 Å². The highest BCUT2D eigenvalue weighted by Gasteiger charge is 2.11. The van der Waals surface area contributed by atoms with Crippen LogP contribution in [0.2, 0.25) is 0 Å². The van der Waals surface area contributed by atoms with Crippen LogP contribution in [0.3, 0.4) is 0 Å². The third kappa shape index (κ3) is 6.28. The summed E-state index contributed by atoms with van der Waals surface area (Å²) in [5, 5.41) is 14.5. The second-order valence-corrected chi connectivity index (χ2v) is 6.88. The molecule has 0 aliphatic rings. The molecular formula is C25H20FN3O3. The molecule has 32 heavy (non-hydrogen) atoms. The van der Waals surface area contributed by atoms with Crippen molar-refractivity contribution in [1.82, 2.24) is 0 Å². The first kappa shape index (κ1) is 22.2. The number of nitriles is 1. The average Bonchev–Trinajstić information content (AvgIpc) is 2.78. The van der Waals surface area contributed by atoms with Crippen molar-refractivity contribution in [3.63, 3.8) is 0 Å². The molecule has 2 amide bonds. The number of amides is 2. The second-order valence-electron chi connectivity index (χ2n) is 6.88. The summed E-state index contributed by atoms with van der Waals surface area (Å²) in [6, 6.07) is 21.6. The van der Waals surface area contributed by atoms with Crippen LogP contribution in [0.4, 0.5) is 15.8 Å². The van der Waals surface area contributed by atoms with Crippen molar-refractivity contribution < 1.29 is 18.7 Å². The Hall–Kier alpha value is -4.44. The number of halogens is 1. The SMILES string of the molecule is Cc1cccc(NC(=O)/C(C#N)=C/c2cccc(OCC(=O)Nc3ccccc3F)c2)c1. The van der Waals surface area contributed by atoms with Gasteiger partial charge in [0.2, 0.25) is 0 Å². The van der Waals surface area contributed by atoms with Gasteiger partial charge in [-0.25, -0.2) is 4.39 Å². The number of hydrogen-bond acceptors (Lipinski definition) is 4. The van der Waals surface area contributed by atoms with Crippen molar-refractivity contribution in [3.05, 3.63) is 95.3 Å². The largest absolute Gasteiger partial charge is 0.484 e. The van der Waals surface area contributed by atoms with E-state index in [1.165, 1.54) is 24.3 Å². The predicted molar refractivity (Wildman–Crippen MR) is 120 cm³/mol.